The SMILES string of the molecule is CC(C)(C)N1C(C)(C)N=NC12CN=NN2c1ccc([N+](=O)[O-])cc1. The third-order valence-corrected chi connectivity index (χ3v) is 4.11. The van der Waals surface area contributed by atoms with Gasteiger partial charge in [-0.05, 0) is 46.8 Å². The highest BCUT2D eigenvalue weighted by molar-refractivity contribution is 5.53. The number of azo groups is 1. The van der Waals surface area contributed by atoms with Crippen LogP contribution in [0.15, 0.2) is 44.8 Å². The minimum atomic E-state index is -0.849. The summed E-state index contributed by atoms with van der Waals surface area (Å²) in [7, 11) is 0. The quantitative estimate of drug-likeness (QED) is 0.608. The monoisotopic (exact) mass is 331 g/mol. The predicted molar refractivity (Wildman–Crippen MR) is 88.6 cm³/mol. The lowest BCUT2D eigenvalue weighted by Gasteiger charge is -2.48. The van der Waals surface area contributed by atoms with Crippen molar-refractivity contribution >= 4 is 11.4 Å². The van der Waals surface area contributed by atoms with Crippen molar-refractivity contribution in [3.63, 3.8) is 0 Å². The van der Waals surface area contributed by atoms with E-state index in [-0.39, 0.29) is 11.2 Å². The van der Waals surface area contributed by atoms with Crippen molar-refractivity contribution in [3.05, 3.63) is 34.4 Å². The molecular weight excluding hydrogens is 310 g/mol. The van der Waals surface area contributed by atoms with Crippen LogP contribution in [-0.2, 0) is 0 Å². The van der Waals surface area contributed by atoms with Crippen LogP contribution in [0, 0.1) is 10.1 Å². The highest BCUT2D eigenvalue weighted by Gasteiger charge is 2.60. The highest BCUT2D eigenvalue weighted by Crippen LogP contribution is 2.47. The summed E-state index contributed by atoms with van der Waals surface area (Å²) >= 11 is 0. The molecule has 0 bridgehead atoms. The van der Waals surface area contributed by atoms with Gasteiger partial charge in [-0.15, -0.1) is 5.11 Å². The number of rotatable bonds is 2. The molecule has 1 aromatic rings. The largest absolute Gasteiger partial charge is 0.269 e. The summed E-state index contributed by atoms with van der Waals surface area (Å²) in [5.41, 5.74) is -0.0219. The van der Waals surface area contributed by atoms with Gasteiger partial charge in [0, 0.05) is 17.7 Å². The Hall–Kier alpha value is -2.42. The Labute approximate surface area is 140 Å². The van der Waals surface area contributed by atoms with E-state index in [1.807, 2.05) is 13.8 Å². The number of nitro groups is 1. The van der Waals surface area contributed by atoms with Crippen molar-refractivity contribution in [1.82, 2.24) is 4.90 Å². The second-order valence-electron chi connectivity index (χ2n) is 7.45. The van der Waals surface area contributed by atoms with Crippen LogP contribution in [0.4, 0.5) is 11.4 Å². The van der Waals surface area contributed by atoms with Crippen molar-refractivity contribution in [2.75, 3.05) is 11.6 Å². The zero-order valence-electron chi connectivity index (χ0n) is 14.5. The summed E-state index contributed by atoms with van der Waals surface area (Å²) in [5.74, 6) is -0.849. The van der Waals surface area contributed by atoms with E-state index < -0.39 is 16.4 Å². The van der Waals surface area contributed by atoms with Crippen LogP contribution in [0.2, 0.25) is 0 Å². The van der Waals surface area contributed by atoms with E-state index in [2.05, 4.69) is 46.2 Å². The average Bonchev–Trinajstić information content (AvgIpc) is 3.00. The van der Waals surface area contributed by atoms with Gasteiger partial charge in [-0.3, -0.25) is 10.1 Å². The first-order valence-electron chi connectivity index (χ1n) is 7.75. The molecule has 0 amide bonds. The van der Waals surface area contributed by atoms with Gasteiger partial charge in [-0.25, -0.2) is 9.91 Å². The van der Waals surface area contributed by atoms with Crippen molar-refractivity contribution in [3.8, 4) is 0 Å². The van der Waals surface area contributed by atoms with Gasteiger partial charge in [-0.2, -0.15) is 10.2 Å². The summed E-state index contributed by atoms with van der Waals surface area (Å²) in [5, 5.41) is 30.0. The van der Waals surface area contributed by atoms with E-state index in [1.165, 1.54) is 12.1 Å². The van der Waals surface area contributed by atoms with Crippen LogP contribution < -0.4 is 5.01 Å². The molecule has 3 rings (SSSR count). The van der Waals surface area contributed by atoms with Gasteiger partial charge < -0.3 is 0 Å². The average molecular weight is 331 g/mol. The number of anilines is 1. The van der Waals surface area contributed by atoms with Gasteiger partial charge in [0.25, 0.3) is 11.5 Å². The molecule has 0 saturated carbocycles. The molecule has 9 heteroatoms. The first kappa shape index (κ1) is 16.4. The van der Waals surface area contributed by atoms with E-state index in [0.29, 0.717) is 12.2 Å². The van der Waals surface area contributed by atoms with Gasteiger partial charge in [0.2, 0.25) is 0 Å². The lowest BCUT2D eigenvalue weighted by atomic mass is 9.98. The van der Waals surface area contributed by atoms with Gasteiger partial charge in [-0.1, -0.05) is 5.22 Å². The molecule has 1 aromatic carbocycles. The van der Waals surface area contributed by atoms with E-state index in [4.69, 9.17) is 0 Å². The number of nitrogens with zero attached hydrogens (tertiary/aromatic N) is 7. The standard InChI is InChI=1S/C15H21N7O2/c1-13(2,3)22-14(4,5)17-18-15(22)10-16-19-20(15)11-6-8-12(9-7-11)21(23)24/h6-9H,10H2,1-5H3. The molecule has 0 radical (unpaired) electrons. The Kier molecular flexibility index (Phi) is 3.45. The predicted octanol–water partition coefficient (Wildman–Crippen LogP) is 3.74. The molecule has 0 saturated heterocycles. The number of benzene rings is 1. The van der Waals surface area contributed by atoms with Crippen LogP contribution in [0.3, 0.4) is 0 Å². The Morgan fingerprint density at radius 1 is 1.17 bits per heavy atom. The van der Waals surface area contributed by atoms with E-state index >= 15 is 0 Å². The zero-order chi connectivity index (χ0) is 17.8. The molecule has 9 nitrogen and oxygen atoms in total. The molecule has 1 unspecified atom stereocenters. The van der Waals surface area contributed by atoms with Crippen LogP contribution >= 0.6 is 0 Å². The van der Waals surface area contributed by atoms with Gasteiger partial charge in [0.05, 0.1) is 10.6 Å². The molecule has 0 aromatic heterocycles. The highest BCUT2D eigenvalue weighted by atomic mass is 16.6. The minimum Gasteiger partial charge on any atom is -0.258 e. The van der Waals surface area contributed by atoms with Gasteiger partial charge in [0.1, 0.15) is 12.2 Å². The smallest absolute Gasteiger partial charge is 0.258 e. The summed E-state index contributed by atoms with van der Waals surface area (Å²) < 4.78 is 0. The van der Waals surface area contributed by atoms with Crippen molar-refractivity contribution < 1.29 is 4.92 Å². The fourth-order valence-electron chi connectivity index (χ4n) is 3.63. The maximum absolute atomic E-state index is 10.9. The van der Waals surface area contributed by atoms with Crippen LogP contribution in [-0.4, -0.2) is 33.4 Å². The maximum atomic E-state index is 10.9. The third kappa shape index (κ3) is 2.35. The zero-order valence-corrected chi connectivity index (χ0v) is 14.5. The number of hydrogen-bond donors (Lipinski definition) is 0. The third-order valence-electron chi connectivity index (χ3n) is 4.11. The Morgan fingerprint density at radius 2 is 1.79 bits per heavy atom. The normalized spacial score (nSPS) is 25.8. The topological polar surface area (TPSA) is 99.1 Å². The van der Waals surface area contributed by atoms with Crippen molar-refractivity contribution in [2.24, 2.45) is 20.6 Å². The molecule has 24 heavy (non-hydrogen) atoms. The summed E-state index contributed by atoms with van der Waals surface area (Å²) in [4.78, 5) is 12.6. The summed E-state index contributed by atoms with van der Waals surface area (Å²) in [6, 6.07) is 6.23. The van der Waals surface area contributed by atoms with Gasteiger partial charge in [0.15, 0.2) is 0 Å². The Balaban J connectivity index is 2.04. The molecule has 2 aliphatic heterocycles. The second kappa shape index (κ2) is 5.04. The molecule has 2 aliphatic rings. The van der Waals surface area contributed by atoms with E-state index in [9.17, 15) is 10.1 Å². The molecule has 128 valence electrons. The maximum Gasteiger partial charge on any atom is 0.269 e. The number of non-ortho nitro benzene ring substituents is 1. The molecule has 1 atom stereocenters. The first-order valence-corrected chi connectivity index (χ1v) is 7.75. The Bertz CT molecular complexity index is 720. The van der Waals surface area contributed by atoms with Crippen LogP contribution in [0.1, 0.15) is 34.6 Å². The van der Waals surface area contributed by atoms with Crippen LogP contribution in [0.25, 0.3) is 0 Å². The van der Waals surface area contributed by atoms with E-state index in [0.717, 1.165) is 0 Å². The minimum absolute atomic E-state index is 0.0324. The molecule has 0 aliphatic carbocycles. The lowest BCUT2D eigenvalue weighted by Crippen LogP contribution is -2.66. The fraction of sp³-hybridized carbons (Fsp3) is 0.600. The molecular formula is C15H21N7O2. The first-order chi connectivity index (χ1) is 11.1. The molecule has 1 spiro atoms. The Morgan fingerprint density at radius 3 is 2.33 bits per heavy atom. The fourth-order valence-corrected chi connectivity index (χ4v) is 3.63. The van der Waals surface area contributed by atoms with Crippen LogP contribution in [0.5, 0.6) is 0 Å². The molecule has 0 fully saturated rings. The molecule has 2 heterocycles. The van der Waals surface area contributed by atoms with E-state index in [1.54, 1.807) is 17.1 Å². The number of hydrogen-bond acceptors (Lipinski definition) is 8. The van der Waals surface area contributed by atoms with Gasteiger partial charge >= 0.3 is 0 Å². The summed E-state index contributed by atoms with van der Waals surface area (Å²) in [6.45, 7) is 10.7. The lowest BCUT2D eigenvalue weighted by molar-refractivity contribution is -0.384. The second-order valence-corrected chi connectivity index (χ2v) is 7.45. The summed E-state index contributed by atoms with van der Waals surface area (Å²) in [6.07, 6.45) is 0. The number of nitro benzene ring substituents is 1. The van der Waals surface area contributed by atoms with Crippen molar-refractivity contribution in [1.29, 1.82) is 0 Å². The van der Waals surface area contributed by atoms with Crippen molar-refractivity contribution in [2.45, 2.75) is 51.6 Å². The molecule has 0 N–H and O–H groups in total.